The van der Waals surface area contributed by atoms with Crippen molar-refractivity contribution >= 4 is 11.6 Å². The number of carbonyl (C=O) groups excluding carboxylic acids is 1. The van der Waals surface area contributed by atoms with Crippen molar-refractivity contribution in [2.45, 2.75) is 38.1 Å². The molecule has 2 N–H and O–H groups in total. The number of phenols is 1. The van der Waals surface area contributed by atoms with E-state index >= 15 is 0 Å². The molecule has 0 saturated heterocycles. The van der Waals surface area contributed by atoms with E-state index in [-0.39, 0.29) is 29.3 Å². The van der Waals surface area contributed by atoms with Gasteiger partial charge < -0.3 is 10.2 Å². The highest BCUT2D eigenvalue weighted by atomic mass is 19.4. The number of aromatic hydroxyl groups is 1. The number of alkyl halides is 3. The van der Waals surface area contributed by atoms with Gasteiger partial charge in [-0.25, -0.2) is 0 Å². The third-order valence-corrected chi connectivity index (χ3v) is 3.41. The molecule has 0 spiro atoms. The summed E-state index contributed by atoms with van der Waals surface area (Å²) in [4.78, 5) is 12.0. The fraction of sp³-hybridized carbons (Fsp3) is 0.429. The van der Waals surface area contributed by atoms with Crippen molar-refractivity contribution in [1.82, 2.24) is 5.01 Å². The van der Waals surface area contributed by atoms with Crippen LogP contribution in [0.1, 0.15) is 25.3 Å². The second-order valence-corrected chi connectivity index (χ2v) is 5.16. The molecule has 2 rings (SSSR count). The molecule has 8 heteroatoms. The topological polar surface area (TPSA) is 73.1 Å². The van der Waals surface area contributed by atoms with Crippen LogP contribution < -0.4 is 0 Å². The number of benzene rings is 1. The van der Waals surface area contributed by atoms with Gasteiger partial charge in [0.25, 0.3) is 5.72 Å². The van der Waals surface area contributed by atoms with Gasteiger partial charge in [0.15, 0.2) is 0 Å². The van der Waals surface area contributed by atoms with Gasteiger partial charge in [0, 0.05) is 18.6 Å². The smallest absolute Gasteiger partial charge is 0.438 e. The lowest BCUT2D eigenvalue weighted by atomic mass is 10.1. The zero-order chi connectivity index (χ0) is 16.5. The maximum Gasteiger partial charge on any atom is 0.438 e. The molecule has 0 saturated carbocycles. The highest BCUT2D eigenvalue weighted by Gasteiger charge is 2.62. The van der Waals surface area contributed by atoms with E-state index in [4.69, 9.17) is 0 Å². The van der Waals surface area contributed by atoms with Crippen molar-refractivity contribution in [3.8, 4) is 5.75 Å². The predicted octanol–water partition coefficient (Wildman–Crippen LogP) is 2.18. The van der Waals surface area contributed by atoms with E-state index in [2.05, 4.69) is 5.10 Å². The van der Waals surface area contributed by atoms with Crippen LogP contribution in [0, 0.1) is 0 Å². The number of hydrogen-bond donors (Lipinski definition) is 2. The number of hydrogen-bond acceptors (Lipinski definition) is 4. The maximum atomic E-state index is 13.0. The number of hydrazone groups is 1. The van der Waals surface area contributed by atoms with Crippen LogP contribution in [-0.4, -0.2) is 38.7 Å². The summed E-state index contributed by atoms with van der Waals surface area (Å²) in [5, 5.41) is 23.0. The van der Waals surface area contributed by atoms with Gasteiger partial charge in [0.1, 0.15) is 5.75 Å². The normalized spacial score (nSPS) is 21.9. The number of aryl methyl sites for hydroxylation is 1. The summed E-state index contributed by atoms with van der Waals surface area (Å²) >= 11 is 0. The Morgan fingerprint density at radius 3 is 2.64 bits per heavy atom. The zero-order valence-electron chi connectivity index (χ0n) is 11.8. The van der Waals surface area contributed by atoms with Gasteiger partial charge in [-0.05, 0) is 25.0 Å². The number of para-hydroxylation sites is 1. The average molecular weight is 316 g/mol. The van der Waals surface area contributed by atoms with Crippen LogP contribution in [0.4, 0.5) is 13.2 Å². The Hall–Kier alpha value is -2.09. The molecule has 1 atom stereocenters. The van der Waals surface area contributed by atoms with Crippen molar-refractivity contribution in [1.29, 1.82) is 0 Å². The fourth-order valence-corrected chi connectivity index (χ4v) is 2.27. The lowest BCUT2D eigenvalue weighted by molar-refractivity contribution is -0.302. The van der Waals surface area contributed by atoms with Gasteiger partial charge in [-0.3, -0.25) is 4.79 Å². The van der Waals surface area contributed by atoms with Crippen molar-refractivity contribution < 1.29 is 28.2 Å². The molecule has 0 bridgehead atoms. The third kappa shape index (κ3) is 2.92. The molecule has 0 radical (unpaired) electrons. The first-order chi connectivity index (χ1) is 10.1. The molecule has 1 amide bonds. The van der Waals surface area contributed by atoms with E-state index in [1.165, 1.54) is 13.0 Å². The first-order valence-electron chi connectivity index (χ1n) is 6.58. The van der Waals surface area contributed by atoms with Crippen molar-refractivity contribution in [3.63, 3.8) is 0 Å². The van der Waals surface area contributed by atoms with Crippen LogP contribution in [0.25, 0.3) is 0 Å². The molecule has 1 aliphatic heterocycles. The minimum absolute atomic E-state index is 0.0238. The number of aliphatic hydroxyl groups is 1. The van der Waals surface area contributed by atoms with Gasteiger partial charge in [-0.15, -0.1) is 0 Å². The number of halogens is 3. The van der Waals surface area contributed by atoms with E-state index in [1.54, 1.807) is 18.2 Å². The average Bonchev–Trinajstić information content (AvgIpc) is 2.73. The van der Waals surface area contributed by atoms with E-state index in [0.29, 0.717) is 5.56 Å². The molecular formula is C14H15F3N2O3. The van der Waals surface area contributed by atoms with E-state index in [1.807, 2.05) is 0 Å². The summed E-state index contributed by atoms with van der Waals surface area (Å²) in [6.07, 6.45) is -6.03. The zero-order valence-corrected chi connectivity index (χ0v) is 11.8. The van der Waals surface area contributed by atoms with E-state index in [9.17, 15) is 28.2 Å². The summed E-state index contributed by atoms with van der Waals surface area (Å²) in [6, 6.07) is 6.22. The van der Waals surface area contributed by atoms with Crippen LogP contribution in [0.15, 0.2) is 29.4 Å². The van der Waals surface area contributed by atoms with Crippen LogP contribution in [0.3, 0.4) is 0 Å². The van der Waals surface area contributed by atoms with Crippen molar-refractivity contribution in [2.75, 3.05) is 0 Å². The van der Waals surface area contributed by atoms with Crippen molar-refractivity contribution in [3.05, 3.63) is 29.8 Å². The number of nitrogens with zero attached hydrogens (tertiary/aromatic N) is 2. The second kappa shape index (κ2) is 5.60. The Kier molecular flexibility index (Phi) is 4.15. The van der Waals surface area contributed by atoms with E-state index < -0.39 is 24.2 Å². The van der Waals surface area contributed by atoms with Gasteiger partial charge in [-0.2, -0.15) is 23.3 Å². The fourth-order valence-electron chi connectivity index (χ4n) is 2.27. The Morgan fingerprint density at radius 1 is 1.41 bits per heavy atom. The number of phenolic OH excluding ortho intramolecular Hbond substituents is 1. The number of rotatable bonds is 3. The monoisotopic (exact) mass is 316 g/mol. The highest BCUT2D eigenvalue weighted by molar-refractivity contribution is 5.89. The van der Waals surface area contributed by atoms with E-state index in [0.717, 1.165) is 0 Å². The van der Waals surface area contributed by atoms with Crippen LogP contribution in [0.5, 0.6) is 5.75 Å². The summed E-state index contributed by atoms with van der Waals surface area (Å²) in [7, 11) is 0. The minimum atomic E-state index is -5.00. The molecule has 0 aromatic heterocycles. The van der Waals surface area contributed by atoms with Crippen molar-refractivity contribution in [2.24, 2.45) is 5.10 Å². The lowest BCUT2D eigenvalue weighted by Crippen LogP contribution is -2.56. The summed E-state index contributed by atoms with van der Waals surface area (Å²) < 4.78 is 39.0. The lowest BCUT2D eigenvalue weighted by Gasteiger charge is -2.32. The molecule has 0 fully saturated rings. The SMILES string of the molecule is CC1=NN(C(=O)CCc2ccccc2O)[C@@](O)(C(F)(F)F)C1. The van der Waals surface area contributed by atoms with Crippen LogP contribution in [0.2, 0.25) is 0 Å². The standard InChI is InChI=1S/C14H15F3N2O3/c1-9-8-13(22,14(15,16)17)19(18-9)12(21)7-6-10-4-2-3-5-11(10)20/h2-5,20,22H,6-8H2,1H3/t13-/m0/s1. The van der Waals surface area contributed by atoms with Crippen LogP contribution in [-0.2, 0) is 11.2 Å². The summed E-state index contributed by atoms with van der Waals surface area (Å²) in [5.41, 5.74) is -2.84. The molecule has 1 aliphatic rings. The molecule has 1 aromatic rings. The highest BCUT2D eigenvalue weighted by Crippen LogP contribution is 2.40. The quantitative estimate of drug-likeness (QED) is 0.898. The molecule has 22 heavy (non-hydrogen) atoms. The van der Waals surface area contributed by atoms with Gasteiger partial charge in [-0.1, -0.05) is 18.2 Å². The predicted molar refractivity (Wildman–Crippen MR) is 72.0 cm³/mol. The Labute approximate surface area is 124 Å². The largest absolute Gasteiger partial charge is 0.508 e. The maximum absolute atomic E-state index is 13.0. The Balaban J connectivity index is 2.13. The Bertz CT molecular complexity index is 616. The molecule has 1 heterocycles. The number of carbonyl (C=O) groups is 1. The van der Waals surface area contributed by atoms with Gasteiger partial charge in [0.05, 0.1) is 0 Å². The first kappa shape index (κ1) is 16.3. The molecule has 0 unspecified atom stereocenters. The van der Waals surface area contributed by atoms with Gasteiger partial charge in [0.2, 0.25) is 5.91 Å². The molecular weight excluding hydrogens is 301 g/mol. The minimum Gasteiger partial charge on any atom is -0.508 e. The Morgan fingerprint density at radius 2 is 2.05 bits per heavy atom. The van der Waals surface area contributed by atoms with Crippen LogP contribution >= 0.6 is 0 Å². The second-order valence-electron chi connectivity index (χ2n) is 5.16. The van der Waals surface area contributed by atoms with Gasteiger partial charge >= 0.3 is 6.18 Å². The molecule has 1 aromatic carbocycles. The third-order valence-electron chi connectivity index (χ3n) is 3.41. The molecule has 0 aliphatic carbocycles. The molecule has 5 nitrogen and oxygen atoms in total. The first-order valence-corrected chi connectivity index (χ1v) is 6.58. The number of amides is 1. The molecule has 120 valence electrons. The summed E-state index contributed by atoms with van der Waals surface area (Å²) in [5.74, 6) is -0.998. The summed E-state index contributed by atoms with van der Waals surface area (Å²) in [6.45, 7) is 1.31.